The second-order valence-electron chi connectivity index (χ2n) is 7.60. The summed E-state index contributed by atoms with van der Waals surface area (Å²) in [5, 5.41) is 12.8. The van der Waals surface area contributed by atoms with Gasteiger partial charge in [0, 0.05) is 49.6 Å². The van der Waals surface area contributed by atoms with E-state index in [1.54, 1.807) is 18.5 Å². The molecule has 0 aliphatic rings. The molecule has 1 N–H and O–H groups in total. The minimum Gasteiger partial charge on any atom is -0.331 e. The van der Waals surface area contributed by atoms with Gasteiger partial charge >= 0.3 is 0 Å². The molecule has 0 radical (unpaired) electrons. The summed E-state index contributed by atoms with van der Waals surface area (Å²) in [6, 6.07) is 4.10. The second-order valence-corrected chi connectivity index (χ2v) is 7.60. The zero-order chi connectivity index (χ0) is 21.5. The monoisotopic (exact) mass is 414 g/mol. The van der Waals surface area contributed by atoms with E-state index in [1.807, 2.05) is 52.4 Å². The molecular weight excluding hydrogens is 392 g/mol. The third-order valence-electron chi connectivity index (χ3n) is 5.15. The lowest BCUT2D eigenvalue weighted by Gasteiger charge is -2.09. The molecule has 0 saturated carbocycles. The summed E-state index contributed by atoms with van der Waals surface area (Å²) in [4.78, 5) is 17.5. The fraction of sp³-hybridized carbons (Fsp3) is 0.238. The topological polar surface area (TPSA) is 104 Å². The fourth-order valence-corrected chi connectivity index (χ4v) is 3.51. The Morgan fingerprint density at radius 3 is 2.58 bits per heavy atom. The molecule has 31 heavy (non-hydrogen) atoms. The normalized spacial score (nSPS) is 11.5. The first-order valence-corrected chi connectivity index (χ1v) is 9.97. The van der Waals surface area contributed by atoms with E-state index in [0.717, 1.165) is 22.3 Å². The van der Waals surface area contributed by atoms with Gasteiger partial charge in [-0.25, -0.2) is 24.5 Å². The molecule has 0 aliphatic heterocycles. The first-order chi connectivity index (χ1) is 15.0. The van der Waals surface area contributed by atoms with Crippen LogP contribution >= 0.6 is 0 Å². The lowest BCUT2D eigenvalue weighted by molar-refractivity contribution is 0.534. The van der Waals surface area contributed by atoms with Crippen molar-refractivity contribution in [2.24, 2.45) is 7.05 Å². The lowest BCUT2D eigenvalue weighted by Crippen LogP contribution is -2.06. The van der Waals surface area contributed by atoms with Crippen LogP contribution in [0.1, 0.15) is 25.5 Å². The number of nitrogens with one attached hydrogen (secondary N) is 1. The first kappa shape index (κ1) is 18.9. The number of fused-ring (bicyclic) bond motifs is 1. The largest absolute Gasteiger partial charge is 0.331 e. The van der Waals surface area contributed by atoms with E-state index in [4.69, 9.17) is 15.2 Å². The molecule has 0 unspecified atom stereocenters. The van der Waals surface area contributed by atoms with Gasteiger partial charge in [0.15, 0.2) is 11.6 Å². The first-order valence-electron chi connectivity index (χ1n) is 9.97. The zero-order valence-electron chi connectivity index (χ0n) is 17.7. The van der Waals surface area contributed by atoms with Crippen molar-refractivity contribution in [1.29, 1.82) is 0 Å². The summed E-state index contributed by atoms with van der Waals surface area (Å²) in [7, 11) is 1.91. The van der Waals surface area contributed by atoms with Gasteiger partial charge in [0.2, 0.25) is 5.82 Å². The van der Waals surface area contributed by atoms with Crippen molar-refractivity contribution in [3.8, 4) is 22.9 Å². The molecule has 0 aliphatic carbocycles. The number of aromatic nitrogens is 9. The molecule has 156 valence electrons. The van der Waals surface area contributed by atoms with Crippen LogP contribution in [0.3, 0.4) is 0 Å². The number of anilines is 2. The predicted octanol–water partition coefficient (Wildman–Crippen LogP) is 3.42. The average Bonchev–Trinajstić information content (AvgIpc) is 3.47. The summed E-state index contributed by atoms with van der Waals surface area (Å²) >= 11 is 0. The number of hydrogen-bond donors (Lipinski definition) is 1. The standard InChI is InChI=1S/C21H22N10/c1-13(2)30-9-6-16(27-30)15-11-31-18(14(15)3)19(25-17-5-7-22-12-24-17)26-20(28-31)21-23-8-10-29(21)4/h5-13H,1-4H3,(H,22,24,25,26,28). The third kappa shape index (κ3) is 3.31. The molecule has 0 amide bonds. The molecule has 0 spiro atoms. The molecule has 5 aromatic heterocycles. The SMILES string of the molecule is Cc1c(-c2ccn(C(C)C)n2)cn2nc(-c3nccn3C)nc(Nc3ccncn3)c12. The number of hydrogen-bond acceptors (Lipinski definition) is 7. The van der Waals surface area contributed by atoms with E-state index < -0.39 is 0 Å². The Balaban J connectivity index is 1.71. The lowest BCUT2D eigenvalue weighted by atomic mass is 10.1. The molecule has 0 saturated heterocycles. The van der Waals surface area contributed by atoms with Gasteiger partial charge < -0.3 is 9.88 Å². The van der Waals surface area contributed by atoms with Crippen LogP contribution in [0.4, 0.5) is 11.6 Å². The van der Waals surface area contributed by atoms with Crippen molar-refractivity contribution >= 4 is 17.2 Å². The Kier molecular flexibility index (Phi) is 4.46. The molecule has 10 heteroatoms. The average molecular weight is 414 g/mol. The Morgan fingerprint density at radius 2 is 1.90 bits per heavy atom. The van der Waals surface area contributed by atoms with E-state index in [1.165, 1.54) is 6.33 Å². The van der Waals surface area contributed by atoms with Gasteiger partial charge in [-0.15, -0.1) is 5.10 Å². The molecule has 10 nitrogen and oxygen atoms in total. The Hall–Kier alpha value is -4.08. The minimum atomic E-state index is 0.288. The van der Waals surface area contributed by atoms with Crippen LogP contribution in [-0.2, 0) is 7.05 Å². The van der Waals surface area contributed by atoms with Crippen molar-refractivity contribution in [2.75, 3.05) is 5.32 Å². The molecule has 0 atom stereocenters. The molecule has 5 heterocycles. The number of rotatable bonds is 5. The summed E-state index contributed by atoms with van der Waals surface area (Å²) in [6.45, 7) is 6.26. The van der Waals surface area contributed by atoms with Crippen molar-refractivity contribution in [1.82, 2.24) is 43.9 Å². The summed E-state index contributed by atoms with van der Waals surface area (Å²) in [6.07, 6.45) is 10.7. The molecule has 0 bridgehead atoms. The molecule has 5 rings (SSSR count). The number of aryl methyl sites for hydroxylation is 2. The molecule has 0 fully saturated rings. The minimum absolute atomic E-state index is 0.288. The van der Waals surface area contributed by atoms with E-state index in [9.17, 15) is 0 Å². The Morgan fingerprint density at radius 1 is 1.03 bits per heavy atom. The van der Waals surface area contributed by atoms with Gasteiger partial charge in [-0.05, 0) is 38.5 Å². The van der Waals surface area contributed by atoms with Crippen LogP contribution in [0.25, 0.3) is 28.4 Å². The van der Waals surface area contributed by atoms with Crippen LogP contribution < -0.4 is 5.32 Å². The van der Waals surface area contributed by atoms with Crippen LogP contribution in [0.2, 0.25) is 0 Å². The highest BCUT2D eigenvalue weighted by atomic mass is 15.3. The van der Waals surface area contributed by atoms with Crippen LogP contribution in [-0.4, -0.2) is 43.9 Å². The number of imidazole rings is 1. The predicted molar refractivity (Wildman–Crippen MR) is 117 cm³/mol. The maximum atomic E-state index is 4.79. The Bertz CT molecular complexity index is 1360. The number of nitrogens with zero attached hydrogens (tertiary/aromatic N) is 9. The van der Waals surface area contributed by atoms with E-state index in [2.05, 4.69) is 34.1 Å². The van der Waals surface area contributed by atoms with Crippen LogP contribution in [0, 0.1) is 6.92 Å². The molecule has 0 aromatic carbocycles. The van der Waals surface area contributed by atoms with Gasteiger partial charge in [0.1, 0.15) is 17.7 Å². The van der Waals surface area contributed by atoms with Gasteiger partial charge in [0.05, 0.1) is 5.69 Å². The van der Waals surface area contributed by atoms with Crippen molar-refractivity contribution in [2.45, 2.75) is 26.8 Å². The highest BCUT2D eigenvalue weighted by molar-refractivity contribution is 5.83. The zero-order valence-corrected chi connectivity index (χ0v) is 17.7. The summed E-state index contributed by atoms with van der Waals surface area (Å²) in [5.74, 6) is 2.46. The van der Waals surface area contributed by atoms with Gasteiger partial charge in [-0.3, -0.25) is 4.68 Å². The van der Waals surface area contributed by atoms with Crippen molar-refractivity contribution < 1.29 is 0 Å². The summed E-state index contributed by atoms with van der Waals surface area (Å²) < 4.78 is 5.67. The van der Waals surface area contributed by atoms with Gasteiger partial charge in [-0.1, -0.05) is 0 Å². The second kappa shape index (κ2) is 7.31. The van der Waals surface area contributed by atoms with Crippen molar-refractivity contribution in [3.05, 3.63) is 55.0 Å². The van der Waals surface area contributed by atoms with E-state index >= 15 is 0 Å². The fourth-order valence-electron chi connectivity index (χ4n) is 3.51. The highest BCUT2D eigenvalue weighted by Crippen LogP contribution is 2.32. The summed E-state index contributed by atoms with van der Waals surface area (Å²) in [5.41, 5.74) is 3.77. The van der Waals surface area contributed by atoms with E-state index in [-0.39, 0.29) is 6.04 Å². The quantitative estimate of drug-likeness (QED) is 0.470. The van der Waals surface area contributed by atoms with Gasteiger partial charge in [-0.2, -0.15) is 5.10 Å². The van der Waals surface area contributed by atoms with Crippen LogP contribution in [0.5, 0.6) is 0 Å². The van der Waals surface area contributed by atoms with E-state index in [0.29, 0.717) is 23.3 Å². The third-order valence-corrected chi connectivity index (χ3v) is 5.15. The molecular formula is C21H22N10. The maximum Gasteiger partial charge on any atom is 0.218 e. The van der Waals surface area contributed by atoms with Crippen molar-refractivity contribution in [3.63, 3.8) is 0 Å². The smallest absolute Gasteiger partial charge is 0.218 e. The maximum absolute atomic E-state index is 4.79. The molecule has 5 aromatic rings. The highest BCUT2D eigenvalue weighted by Gasteiger charge is 2.20. The van der Waals surface area contributed by atoms with Crippen LogP contribution in [0.15, 0.2) is 49.4 Å². The van der Waals surface area contributed by atoms with Gasteiger partial charge in [0.25, 0.3) is 0 Å². The Labute approximate surface area is 178 Å².